The van der Waals surface area contributed by atoms with E-state index in [0.717, 1.165) is 12.1 Å². The maximum Gasteiger partial charge on any atom is 0.416 e. The number of benzene rings is 1. The molecule has 0 saturated heterocycles. The predicted molar refractivity (Wildman–Crippen MR) is 107 cm³/mol. The Bertz CT molecular complexity index is 1060. The molecule has 1 aromatic carbocycles. The summed E-state index contributed by atoms with van der Waals surface area (Å²) in [6.45, 7) is 2.01. The number of H-pyrrole nitrogens is 1. The molecular formula is C18H17F3N6O2S. The molecule has 1 aliphatic heterocycles. The van der Waals surface area contributed by atoms with E-state index in [2.05, 4.69) is 20.4 Å². The van der Waals surface area contributed by atoms with Crippen molar-refractivity contribution in [3.05, 3.63) is 59.7 Å². The molecule has 1 atom stereocenters. The lowest BCUT2D eigenvalue weighted by molar-refractivity contribution is -0.137. The Morgan fingerprint density at radius 1 is 1.27 bits per heavy atom. The number of carbonyl (C=O) groups is 2. The summed E-state index contributed by atoms with van der Waals surface area (Å²) in [5.41, 5.74) is -0.385. The van der Waals surface area contributed by atoms with Gasteiger partial charge in [-0.25, -0.2) is 4.98 Å². The van der Waals surface area contributed by atoms with Gasteiger partial charge in [0.15, 0.2) is 0 Å². The molecule has 0 aliphatic carbocycles. The normalized spacial score (nSPS) is 16.1. The zero-order chi connectivity index (χ0) is 20.8. The van der Waals surface area contributed by atoms with Crippen LogP contribution in [0.2, 0.25) is 0 Å². The van der Waals surface area contributed by atoms with Gasteiger partial charge in [-0.3, -0.25) is 19.6 Å². The second-order valence-electron chi connectivity index (χ2n) is 6.55. The van der Waals surface area contributed by atoms with Gasteiger partial charge in [0.2, 0.25) is 5.95 Å². The zero-order valence-electron chi connectivity index (χ0n) is 15.6. The summed E-state index contributed by atoms with van der Waals surface area (Å²) >= 11 is 0. The highest BCUT2D eigenvalue weighted by atomic mass is 32.1. The molecule has 0 fully saturated rings. The molecule has 12 heteroatoms. The molecule has 0 saturated carbocycles. The molecule has 0 radical (unpaired) electrons. The minimum atomic E-state index is -4.46. The first-order chi connectivity index (χ1) is 13.8. The number of aromatic nitrogens is 4. The van der Waals surface area contributed by atoms with Gasteiger partial charge in [0.05, 0.1) is 23.4 Å². The molecule has 2 aromatic heterocycles. The maximum absolute atomic E-state index is 13.1. The Hall–Kier alpha value is -3.28. The highest BCUT2D eigenvalue weighted by Gasteiger charge is 2.36. The Morgan fingerprint density at radius 3 is 2.57 bits per heavy atom. The van der Waals surface area contributed by atoms with Gasteiger partial charge < -0.3 is 9.88 Å². The number of imidazole rings is 1. The number of halogens is 3. The van der Waals surface area contributed by atoms with Gasteiger partial charge in [0.1, 0.15) is 5.69 Å². The molecule has 3 heterocycles. The van der Waals surface area contributed by atoms with Gasteiger partial charge in [0, 0.05) is 24.6 Å². The molecule has 4 rings (SSSR count). The first kappa shape index (κ1) is 21.4. The standard InChI is InChI=1S/C18H15F3N6O2.H2S/c1-10-9-26(12-4-2-11(3-5-12)18(19,20)21)16(29)14-13(8-24-27(10)14)15(28)25-17-22-6-7-23-17;/h2-8,10H,9H2,1H3,(H2,22,23,25,28);1H2/t10-;/m0./s1. The smallest absolute Gasteiger partial charge is 0.331 e. The fraction of sp³-hybridized carbons (Fsp3) is 0.222. The van der Waals surface area contributed by atoms with Gasteiger partial charge in [0.25, 0.3) is 11.8 Å². The lowest BCUT2D eigenvalue weighted by Crippen LogP contribution is -2.43. The molecular weight excluding hydrogens is 421 g/mol. The summed E-state index contributed by atoms with van der Waals surface area (Å²) in [5, 5.41) is 6.68. The van der Waals surface area contributed by atoms with E-state index in [4.69, 9.17) is 0 Å². The van der Waals surface area contributed by atoms with E-state index in [9.17, 15) is 22.8 Å². The number of rotatable bonds is 3. The fourth-order valence-corrected chi connectivity index (χ4v) is 3.19. The van der Waals surface area contributed by atoms with Crippen LogP contribution in [0.15, 0.2) is 42.9 Å². The third-order valence-corrected chi connectivity index (χ3v) is 4.59. The van der Waals surface area contributed by atoms with Crippen molar-refractivity contribution >= 4 is 36.9 Å². The summed E-state index contributed by atoms with van der Waals surface area (Å²) in [7, 11) is 0. The van der Waals surface area contributed by atoms with Crippen LogP contribution in [0.3, 0.4) is 0 Å². The van der Waals surface area contributed by atoms with Crippen molar-refractivity contribution in [2.45, 2.75) is 19.1 Å². The Balaban J connectivity index is 0.00000256. The predicted octanol–water partition coefficient (Wildman–Crippen LogP) is 3.21. The molecule has 2 N–H and O–H groups in total. The topological polar surface area (TPSA) is 95.9 Å². The summed E-state index contributed by atoms with van der Waals surface area (Å²) in [6, 6.07) is 4.03. The largest absolute Gasteiger partial charge is 0.416 e. The number of amides is 2. The van der Waals surface area contributed by atoms with Crippen molar-refractivity contribution in [1.29, 1.82) is 0 Å². The van der Waals surface area contributed by atoms with Gasteiger partial charge >= 0.3 is 6.18 Å². The third kappa shape index (κ3) is 3.77. The van der Waals surface area contributed by atoms with Crippen LogP contribution in [0, 0.1) is 0 Å². The minimum Gasteiger partial charge on any atom is -0.331 e. The van der Waals surface area contributed by atoms with Crippen LogP contribution in [0.25, 0.3) is 0 Å². The van der Waals surface area contributed by atoms with Crippen LogP contribution in [0.4, 0.5) is 24.8 Å². The Morgan fingerprint density at radius 2 is 1.97 bits per heavy atom. The molecule has 8 nitrogen and oxygen atoms in total. The summed E-state index contributed by atoms with van der Waals surface area (Å²) < 4.78 is 39.9. The first-order valence-electron chi connectivity index (χ1n) is 8.63. The average Bonchev–Trinajstić information content (AvgIpc) is 3.34. The van der Waals surface area contributed by atoms with Gasteiger partial charge in [-0.05, 0) is 31.2 Å². The van der Waals surface area contributed by atoms with Crippen LogP contribution < -0.4 is 10.2 Å². The first-order valence-corrected chi connectivity index (χ1v) is 8.63. The zero-order valence-corrected chi connectivity index (χ0v) is 16.6. The number of aromatic amines is 1. The number of hydrogen-bond acceptors (Lipinski definition) is 4. The van der Waals surface area contributed by atoms with E-state index in [0.29, 0.717) is 5.69 Å². The number of nitrogens with zero attached hydrogens (tertiary/aromatic N) is 4. The molecule has 0 bridgehead atoms. The van der Waals surface area contributed by atoms with Crippen LogP contribution in [0.1, 0.15) is 39.4 Å². The third-order valence-electron chi connectivity index (χ3n) is 4.59. The Labute approximate surface area is 175 Å². The second-order valence-corrected chi connectivity index (χ2v) is 6.55. The fourth-order valence-electron chi connectivity index (χ4n) is 3.19. The van der Waals surface area contributed by atoms with Crippen molar-refractivity contribution in [2.24, 2.45) is 0 Å². The lowest BCUT2D eigenvalue weighted by Gasteiger charge is -2.32. The molecule has 30 heavy (non-hydrogen) atoms. The van der Waals surface area contributed by atoms with Crippen LogP contribution in [-0.4, -0.2) is 38.1 Å². The number of carbonyl (C=O) groups excluding carboxylic acids is 2. The van der Waals surface area contributed by atoms with Crippen molar-refractivity contribution in [3.8, 4) is 0 Å². The van der Waals surface area contributed by atoms with E-state index >= 15 is 0 Å². The van der Waals surface area contributed by atoms with Crippen molar-refractivity contribution in [3.63, 3.8) is 0 Å². The summed E-state index contributed by atoms with van der Waals surface area (Å²) in [6.07, 6.45) is -0.184. The summed E-state index contributed by atoms with van der Waals surface area (Å²) in [5.74, 6) is -0.883. The highest BCUT2D eigenvalue weighted by molar-refractivity contribution is 7.59. The monoisotopic (exact) mass is 438 g/mol. The van der Waals surface area contributed by atoms with Crippen LogP contribution in [0.5, 0.6) is 0 Å². The average molecular weight is 438 g/mol. The number of fused-ring (bicyclic) bond motifs is 1. The maximum atomic E-state index is 13.1. The number of anilines is 2. The van der Waals surface area contributed by atoms with E-state index < -0.39 is 23.6 Å². The molecule has 0 unspecified atom stereocenters. The lowest BCUT2D eigenvalue weighted by atomic mass is 10.1. The Kier molecular flexibility index (Phi) is 5.61. The molecule has 158 valence electrons. The quantitative estimate of drug-likeness (QED) is 0.656. The minimum absolute atomic E-state index is 0. The van der Waals surface area contributed by atoms with Gasteiger partial charge in [-0.2, -0.15) is 31.8 Å². The molecule has 0 spiro atoms. The van der Waals surface area contributed by atoms with Crippen LogP contribution >= 0.6 is 13.5 Å². The van der Waals surface area contributed by atoms with E-state index in [-0.39, 0.29) is 43.3 Å². The van der Waals surface area contributed by atoms with Gasteiger partial charge in [-0.15, -0.1) is 0 Å². The van der Waals surface area contributed by atoms with E-state index in [1.165, 1.54) is 40.3 Å². The second kappa shape index (κ2) is 7.86. The van der Waals surface area contributed by atoms with Crippen LogP contribution in [-0.2, 0) is 6.18 Å². The SMILES string of the molecule is C[C@H]1CN(c2ccc(C(F)(F)F)cc2)C(=O)c2c(C(=O)Nc3ncc[nH]3)cnn21.S. The van der Waals surface area contributed by atoms with E-state index in [1.807, 2.05) is 0 Å². The molecule has 3 aromatic rings. The van der Waals surface area contributed by atoms with Gasteiger partial charge in [-0.1, -0.05) is 0 Å². The van der Waals surface area contributed by atoms with Crippen molar-refractivity contribution < 1.29 is 22.8 Å². The number of hydrogen-bond donors (Lipinski definition) is 2. The van der Waals surface area contributed by atoms with E-state index in [1.54, 1.807) is 6.92 Å². The molecule has 2 amide bonds. The van der Waals surface area contributed by atoms with Crippen molar-refractivity contribution in [1.82, 2.24) is 19.7 Å². The molecule has 1 aliphatic rings. The van der Waals surface area contributed by atoms with Crippen molar-refractivity contribution in [2.75, 3.05) is 16.8 Å². The summed E-state index contributed by atoms with van der Waals surface area (Å²) in [4.78, 5) is 33.6. The highest BCUT2D eigenvalue weighted by Crippen LogP contribution is 2.32. The number of nitrogens with one attached hydrogen (secondary N) is 2. The number of alkyl halides is 3.